The Morgan fingerprint density at radius 1 is 0.931 bits per heavy atom. The number of benzene rings is 2. The maximum absolute atomic E-state index is 2.79. The van der Waals surface area contributed by atoms with Crippen molar-refractivity contribution in [2.45, 2.75) is 70.4 Å². The zero-order valence-electron chi connectivity index (χ0n) is 17.9. The number of para-hydroxylation sites is 1. The number of rotatable bonds is 8. The fraction of sp³-hybridized carbons (Fsp3) is 0.538. The van der Waals surface area contributed by atoms with E-state index in [9.17, 15) is 0 Å². The number of anilines is 1. The molecule has 2 aliphatic rings. The molecule has 0 spiro atoms. The van der Waals surface area contributed by atoms with Crippen molar-refractivity contribution in [1.82, 2.24) is 4.90 Å². The first-order valence-electron chi connectivity index (χ1n) is 11.5. The quantitative estimate of drug-likeness (QED) is 0.514. The smallest absolute Gasteiger partial charge is 0.0370 e. The SMILES string of the molecule is CCCCN1CCCCC1CCN(c1ccccc1)C1Cc2ccccc2C1.Cl. The number of likely N-dealkylation sites (tertiary alicyclic amines) is 1. The van der Waals surface area contributed by atoms with Crippen LogP contribution in [0.15, 0.2) is 54.6 Å². The van der Waals surface area contributed by atoms with Gasteiger partial charge in [-0.2, -0.15) is 0 Å². The number of fused-ring (bicyclic) bond motifs is 1. The van der Waals surface area contributed by atoms with Crippen molar-refractivity contribution in [2.24, 2.45) is 0 Å². The van der Waals surface area contributed by atoms with Crippen LogP contribution in [0.3, 0.4) is 0 Å². The Kier molecular flexibility index (Phi) is 8.44. The van der Waals surface area contributed by atoms with Crippen LogP contribution in [-0.2, 0) is 12.8 Å². The summed E-state index contributed by atoms with van der Waals surface area (Å²) in [5, 5.41) is 0. The van der Waals surface area contributed by atoms with Crippen molar-refractivity contribution in [3.8, 4) is 0 Å². The van der Waals surface area contributed by atoms with Crippen LogP contribution in [0.1, 0.15) is 56.6 Å². The van der Waals surface area contributed by atoms with Crippen molar-refractivity contribution >= 4 is 18.1 Å². The van der Waals surface area contributed by atoms with Gasteiger partial charge in [-0.05, 0) is 74.9 Å². The molecule has 0 saturated carbocycles. The number of nitrogens with zero attached hydrogens (tertiary/aromatic N) is 2. The van der Waals surface area contributed by atoms with Crippen LogP contribution in [0, 0.1) is 0 Å². The molecule has 0 bridgehead atoms. The summed E-state index contributed by atoms with van der Waals surface area (Å²) >= 11 is 0. The highest BCUT2D eigenvalue weighted by molar-refractivity contribution is 5.85. The molecule has 0 aromatic heterocycles. The number of hydrogen-bond donors (Lipinski definition) is 0. The molecular formula is C26H37ClN2. The van der Waals surface area contributed by atoms with Crippen molar-refractivity contribution in [1.29, 1.82) is 0 Å². The van der Waals surface area contributed by atoms with Gasteiger partial charge in [-0.15, -0.1) is 12.4 Å². The van der Waals surface area contributed by atoms with E-state index in [1.165, 1.54) is 76.7 Å². The van der Waals surface area contributed by atoms with E-state index in [2.05, 4.69) is 71.3 Å². The van der Waals surface area contributed by atoms with Crippen molar-refractivity contribution in [3.63, 3.8) is 0 Å². The molecular weight excluding hydrogens is 376 g/mol. The second-order valence-electron chi connectivity index (χ2n) is 8.69. The second-order valence-corrected chi connectivity index (χ2v) is 8.69. The minimum atomic E-state index is 0. The van der Waals surface area contributed by atoms with Gasteiger partial charge in [0.2, 0.25) is 0 Å². The van der Waals surface area contributed by atoms with Gasteiger partial charge >= 0.3 is 0 Å². The largest absolute Gasteiger partial charge is 0.368 e. The molecule has 1 atom stereocenters. The zero-order chi connectivity index (χ0) is 19.2. The van der Waals surface area contributed by atoms with E-state index < -0.39 is 0 Å². The molecule has 1 aliphatic carbocycles. The molecule has 0 amide bonds. The Balaban J connectivity index is 0.00000240. The lowest BCUT2D eigenvalue weighted by molar-refractivity contribution is 0.139. The molecule has 1 heterocycles. The molecule has 3 heteroatoms. The van der Waals surface area contributed by atoms with Crippen LogP contribution in [0.4, 0.5) is 5.69 Å². The van der Waals surface area contributed by atoms with E-state index in [0.717, 1.165) is 6.04 Å². The molecule has 2 nitrogen and oxygen atoms in total. The second kappa shape index (κ2) is 11.0. The third kappa shape index (κ3) is 5.55. The summed E-state index contributed by atoms with van der Waals surface area (Å²) in [6.45, 7) is 6.09. The van der Waals surface area contributed by atoms with E-state index in [-0.39, 0.29) is 12.4 Å². The lowest BCUT2D eigenvalue weighted by Gasteiger charge is -2.38. The molecule has 29 heavy (non-hydrogen) atoms. The van der Waals surface area contributed by atoms with Gasteiger partial charge in [-0.3, -0.25) is 0 Å². The summed E-state index contributed by atoms with van der Waals surface area (Å²) in [5.41, 5.74) is 4.50. The minimum Gasteiger partial charge on any atom is -0.368 e. The van der Waals surface area contributed by atoms with Gasteiger partial charge in [0, 0.05) is 24.3 Å². The van der Waals surface area contributed by atoms with Crippen LogP contribution in [-0.4, -0.2) is 36.6 Å². The summed E-state index contributed by atoms with van der Waals surface area (Å²) in [4.78, 5) is 5.51. The minimum absolute atomic E-state index is 0. The highest BCUT2D eigenvalue weighted by Crippen LogP contribution is 2.30. The van der Waals surface area contributed by atoms with Crippen LogP contribution in [0.5, 0.6) is 0 Å². The highest BCUT2D eigenvalue weighted by atomic mass is 35.5. The third-order valence-electron chi connectivity index (χ3n) is 6.81. The first-order valence-corrected chi connectivity index (χ1v) is 11.5. The number of piperidine rings is 1. The average molecular weight is 413 g/mol. The number of hydrogen-bond acceptors (Lipinski definition) is 2. The van der Waals surface area contributed by atoms with Gasteiger partial charge in [0.1, 0.15) is 0 Å². The number of halogens is 1. The lowest BCUT2D eigenvalue weighted by Crippen LogP contribution is -2.44. The summed E-state index contributed by atoms with van der Waals surface area (Å²) in [6, 6.07) is 21.6. The Labute approximate surface area is 183 Å². The Hall–Kier alpha value is -1.51. The Morgan fingerprint density at radius 3 is 2.31 bits per heavy atom. The Bertz CT molecular complexity index is 707. The van der Waals surface area contributed by atoms with Gasteiger partial charge < -0.3 is 9.80 Å². The van der Waals surface area contributed by atoms with Gasteiger partial charge in [0.15, 0.2) is 0 Å². The molecule has 1 fully saturated rings. The predicted octanol–water partition coefficient (Wildman–Crippen LogP) is 6.13. The molecule has 1 aliphatic heterocycles. The van der Waals surface area contributed by atoms with Crippen LogP contribution >= 0.6 is 12.4 Å². The molecule has 2 aromatic rings. The molecule has 0 radical (unpaired) electrons. The van der Waals surface area contributed by atoms with Crippen molar-refractivity contribution in [2.75, 3.05) is 24.5 Å². The predicted molar refractivity (Wildman–Crippen MR) is 127 cm³/mol. The average Bonchev–Trinajstić information content (AvgIpc) is 3.18. The monoisotopic (exact) mass is 412 g/mol. The van der Waals surface area contributed by atoms with Crippen LogP contribution in [0.2, 0.25) is 0 Å². The standard InChI is InChI=1S/C26H36N2.ClH/c1-2-3-17-27-18-10-9-13-24(27)16-19-28(25-14-5-4-6-15-25)26-20-22-11-7-8-12-23(22)21-26;/h4-8,11-12,14-15,24,26H,2-3,9-10,13,16-21H2,1H3;1H. The first-order chi connectivity index (χ1) is 13.8. The van der Waals surface area contributed by atoms with E-state index in [1.807, 2.05) is 0 Å². The third-order valence-corrected chi connectivity index (χ3v) is 6.81. The fourth-order valence-corrected chi connectivity index (χ4v) is 5.23. The fourth-order valence-electron chi connectivity index (χ4n) is 5.23. The summed E-state index contributed by atoms with van der Waals surface area (Å²) in [7, 11) is 0. The van der Waals surface area contributed by atoms with E-state index in [1.54, 1.807) is 11.1 Å². The molecule has 4 rings (SSSR count). The van der Waals surface area contributed by atoms with Gasteiger partial charge in [-0.25, -0.2) is 0 Å². The molecule has 1 unspecified atom stereocenters. The summed E-state index contributed by atoms with van der Waals surface area (Å²) < 4.78 is 0. The normalized spacial score (nSPS) is 19.6. The molecule has 2 aromatic carbocycles. The Morgan fingerprint density at radius 2 is 1.62 bits per heavy atom. The van der Waals surface area contributed by atoms with E-state index in [4.69, 9.17) is 0 Å². The van der Waals surface area contributed by atoms with Gasteiger partial charge in [-0.1, -0.05) is 62.2 Å². The molecule has 1 saturated heterocycles. The topological polar surface area (TPSA) is 6.48 Å². The van der Waals surface area contributed by atoms with Crippen molar-refractivity contribution in [3.05, 3.63) is 65.7 Å². The first kappa shape index (κ1) is 22.2. The molecule has 158 valence electrons. The highest BCUT2D eigenvalue weighted by Gasteiger charge is 2.28. The van der Waals surface area contributed by atoms with E-state index >= 15 is 0 Å². The van der Waals surface area contributed by atoms with Crippen LogP contribution in [0.25, 0.3) is 0 Å². The zero-order valence-corrected chi connectivity index (χ0v) is 18.7. The number of unbranched alkanes of at least 4 members (excludes halogenated alkanes) is 1. The maximum atomic E-state index is 2.79. The lowest BCUT2D eigenvalue weighted by atomic mass is 9.98. The van der Waals surface area contributed by atoms with Crippen LogP contribution < -0.4 is 4.90 Å². The summed E-state index contributed by atoms with van der Waals surface area (Å²) in [5.74, 6) is 0. The molecule has 0 N–H and O–H groups in total. The maximum Gasteiger partial charge on any atom is 0.0370 e. The van der Waals surface area contributed by atoms with E-state index in [0.29, 0.717) is 6.04 Å². The van der Waals surface area contributed by atoms with Gasteiger partial charge in [0.25, 0.3) is 0 Å². The van der Waals surface area contributed by atoms with Gasteiger partial charge in [0.05, 0.1) is 0 Å². The summed E-state index contributed by atoms with van der Waals surface area (Å²) in [6.07, 6.45) is 10.5. The van der Waals surface area contributed by atoms with Crippen molar-refractivity contribution < 1.29 is 0 Å².